The molecule has 2 aliphatic carbocycles. The van der Waals surface area contributed by atoms with Gasteiger partial charge in [-0.25, -0.2) is 32.2 Å². The molecule has 3 aromatic heterocycles. The summed E-state index contributed by atoms with van der Waals surface area (Å²) >= 11 is 0. The van der Waals surface area contributed by atoms with Crippen LogP contribution < -0.4 is 0 Å². The fourth-order valence-electron chi connectivity index (χ4n) is 6.63. The van der Waals surface area contributed by atoms with E-state index in [2.05, 4.69) is 39.1 Å². The molecule has 0 unspecified atom stereocenters. The number of hydrogen-bond acceptors (Lipinski definition) is 9. The normalized spacial score (nSPS) is 23.2. The Morgan fingerprint density at radius 3 is 2.60 bits per heavy atom. The van der Waals surface area contributed by atoms with Crippen molar-refractivity contribution in [2.75, 3.05) is 13.2 Å². The van der Waals surface area contributed by atoms with Crippen LogP contribution in [0.4, 0.5) is 8.78 Å². The Balaban J connectivity index is 1.27. The van der Waals surface area contributed by atoms with Crippen molar-refractivity contribution in [2.24, 2.45) is 5.41 Å². The third kappa shape index (κ3) is 3.49. The minimum Gasteiger partial charge on any atom is -0.379 e. The second kappa shape index (κ2) is 8.64. The first-order valence-corrected chi connectivity index (χ1v) is 14.7. The summed E-state index contributed by atoms with van der Waals surface area (Å²) in [4.78, 5) is 13.4. The lowest BCUT2D eigenvalue weighted by molar-refractivity contribution is 0.0415. The van der Waals surface area contributed by atoms with Crippen LogP contribution in [0.2, 0.25) is 0 Å². The van der Waals surface area contributed by atoms with Gasteiger partial charge in [0.1, 0.15) is 29.0 Å². The maximum absolute atomic E-state index is 14.5. The number of fused-ring (bicyclic) bond motifs is 5. The van der Waals surface area contributed by atoms with Gasteiger partial charge in [-0.15, -0.1) is 10.2 Å². The van der Waals surface area contributed by atoms with Crippen molar-refractivity contribution in [3.8, 4) is 17.2 Å². The standard InChI is InChI=1S/C27H25F2N7O3S/c1-26(2)17-6-8-27(26,24-16(17)10-20(33-34-24)23-18(28)4-3-5-19(23)29)21-7-9-30-25(32-21)36-14-31-22(35-36)13-40(37,38)15-11-39-12-15/h3-5,7,9-10,14-15,17H,6,8,11-13H2,1-2H3/t17-,27+/m0/s1. The summed E-state index contributed by atoms with van der Waals surface area (Å²) in [7, 11) is -3.42. The SMILES string of the molecule is CC1(C)[C@H]2CC[C@@]1(c1ccnc(-n3cnc(CS(=O)(=O)C4COC4)n3)n1)c1nnc(-c3c(F)cccc3F)cc12. The number of ether oxygens (including phenoxy) is 1. The van der Waals surface area contributed by atoms with Crippen LogP contribution in [0.25, 0.3) is 17.2 Å². The molecule has 1 saturated carbocycles. The van der Waals surface area contributed by atoms with E-state index < -0.39 is 32.1 Å². The molecule has 3 aliphatic rings. The predicted octanol–water partition coefficient (Wildman–Crippen LogP) is 3.31. The molecule has 2 fully saturated rings. The molecule has 2 bridgehead atoms. The fourth-order valence-corrected chi connectivity index (χ4v) is 7.97. The van der Waals surface area contributed by atoms with Gasteiger partial charge in [0.15, 0.2) is 15.7 Å². The lowest BCUT2D eigenvalue weighted by Crippen LogP contribution is -2.41. The highest BCUT2D eigenvalue weighted by molar-refractivity contribution is 7.91. The third-order valence-electron chi connectivity index (χ3n) is 8.87. The number of hydrogen-bond donors (Lipinski definition) is 0. The van der Waals surface area contributed by atoms with E-state index in [1.165, 1.54) is 29.2 Å². The first-order valence-electron chi connectivity index (χ1n) is 13.0. The Hall–Kier alpha value is -3.71. The van der Waals surface area contributed by atoms with Crippen LogP contribution in [0.5, 0.6) is 0 Å². The summed E-state index contributed by atoms with van der Waals surface area (Å²) < 4.78 is 60.5. The van der Waals surface area contributed by atoms with E-state index in [1.54, 1.807) is 12.3 Å². The van der Waals surface area contributed by atoms with E-state index >= 15 is 0 Å². The van der Waals surface area contributed by atoms with Crippen molar-refractivity contribution in [2.45, 2.75) is 49.0 Å². The van der Waals surface area contributed by atoms with Gasteiger partial charge in [0, 0.05) is 6.20 Å². The summed E-state index contributed by atoms with van der Waals surface area (Å²) in [5.41, 5.74) is 1.42. The Morgan fingerprint density at radius 2 is 1.88 bits per heavy atom. The smallest absolute Gasteiger partial charge is 0.252 e. The monoisotopic (exact) mass is 565 g/mol. The molecule has 1 saturated heterocycles. The zero-order valence-corrected chi connectivity index (χ0v) is 22.6. The van der Waals surface area contributed by atoms with Crippen molar-refractivity contribution >= 4 is 9.84 Å². The quantitative estimate of drug-likeness (QED) is 0.346. The Bertz CT molecular complexity index is 1750. The van der Waals surface area contributed by atoms with Gasteiger partial charge < -0.3 is 4.74 Å². The van der Waals surface area contributed by atoms with Crippen molar-refractivity contribution in [3.05, 3.63) is 77.3 Å². The molecular formula is C27H25F2N7O3S. The second-order valence-electron chi connectivity index (χ2n) is 11.2. The number of aromatic nitrogens is 7. The highest BCUT2D eigenvalue weighted by atomic mass is 32.2. The van der Waals surface area contributed by atoms with Crippen LogP contribution in [-0.2, 0) is 25.7 Å². The Morgan fingerprint density at radius 1 is 1.10 bits per heavy atom. The van der Waals surface area contributed by atoms with Gasteiger partial charge in [0.2, 0.25) is 0 Å². The molecule has 0 N–H and O–H groups in total. The van der Waals surface area contributed by atoms with Crippen LogP contribution in [0.1, 0.15) is 55.4 Å². The molecule has 1 aromatic carbocycles. The Labute approximate surface area is 228 Å². The van der Waals surface area contributed by atoms with Gasteiger partial charge >= 0.3 is 0 Å². The van der Waals surface area contributed by atoms with Gasteiger partial charge in [-0.3, -0.25) is 0 Å². The van der Waals surface area contributed by atoms with Crippen LogP contribution in [0.3, 0.4) is 0 Å². The lowest BCUT2D eigenvalue weighted by atomic mass is 9.66. The fraction of sp³-hybridized carbons (Fsp3) is 0.407. The molecule has 0 amide bonds. The predicted molar refractivity (Wildman–Crippen MR) is 138 cm³/mol. The minimum absolute atomic E-state index is 0.0867. The van der Waals surface area contributed by atoms with Gasteiger partial charge in [-0.2, -0.15) is 9.78 Å². The number of sulfone groups is 1. The average Bonchev–Trinajstić information content (AvgIpc) is 3.49. The van der Waals surface area contributed by atoms with E-state index in [-0.39, 0.29) is 53.3 Å². The molecule has 13 heteroatoms. The molecule has 0 radical (unpaired) electrons. The maximum atomic E-state index is 14.5. The molecule has 40 heavy (non-hydrogen) atoms. The van der Waals surface area contributed by atoms with Crippen LogP contribution in [0, 0.1) is 17.0 Å². The number of halogens is 2. The molecular weight excluding hydrogens is 540 g/mol. The van der Waals surface area contributed by atoms with Gasteiger partial charge in [-0.1, -0.05) is 19.9 Å². The van der Waals surface area contributed by atoms with Gasteiger partial charge in [-0.05, 0) is 54.0 Å². The van der Waals surface area contributed by atoms with Crippen LogP contribution in [0.15, 0.2) is 42.9 Å². The summed E-state index contributed by atoms with van der Waals surface area (Å²) in [6.45, 7) is 4.68. The maximum Gasteiger partial charge on any atom is 0.252 e. The van der Waals surface area contributed by atoms with E-state index in [0.717, 1.165) is 29.8 Å². The molecule has 4 heterocycles. The van der Waals surface area contributed by atoms with Crippen molar-refractivity contribution in [1.82, 2.24) is 34.9 Å². The van der Waals surface area contributed by atoms with E-state index in [9.17, 15) is 17.2 Å². The first kappa shape index (κ1) is 25.3. The molecule has 4 aromatic rings. The highest BCUT2D eigenvalue weighted by Gasteiger charge is 2.65. The van der Waals surface area contributed by atoms with Crippen molar-refractivity contribution in [3.63, 3.8) is 0 Å². The molecule has 2 atom stereocenters. The van der Waals surface area contributed by atoms with Crippen LogP contribution >= 0.6 is 0 Å². The molecule has 0 spiro atoms. The molecule has 1 aliphatic heterocycles. The second-order valence-corrected chi connectivity index (χ2v) is 13.4. The number of benzene rings is 1. The zero-order chi connectivity index (χ0) is 27.9. The van der Waals surface area contributed by atoms with Gasteiger partial charge in [0.05, 0.1) is 41.3 Å². The lowest BCUT2D eigenvalue weighted by Gasteiger charge is -2.37. The number of rotatable bonds is 6. The van der Waals surface area contributed by atoms with E-state index in [4.69, 9.17) is 9.72 Å². The summed E-state index contributed by atoms with van der Waals surface area (Å²) in [5, 5.41) is 12.6. The first-order chi connectivity index (χ1) is 19.1. The summed E-state index contributed by atoms with van der Waals surface area (Å²) in [6.07, 6.45) is 4.65. The number of nitrogens with zero attached hydrogens (tertiary/aromatic N) is 7. The zero-order valence-electron chi connectivity index (χ0n) is 21.8. The topological polar surface area (TPSA) is 126 Å². The molecule has 206 valence electrons. The molecule has 7 rings (SSSR count). The highest BCUT2D eigenvalue weighted by Crippen LogP contribution is 2.69. The van der Waals surface area contributed by atoms with Crippen molar-refractivity contribution in [1.29, 1.82) is 0 Å². The summed E-state index contributed by atoms with van der Waals surface area (Å²) in [6, 6.07) is 7.34. The average molecular weight is 566 g/mol. The van der Waals surface area contributed by atoms with E-state index in [0.29, 0.717) is 0 Å². The molecule has 10 nitrogen and oxygen atoms in total. The third-order valence-corrected chi connectivity index (χ3v) is 10.8. The van der Waals surface area contributed by atoms with Gasteiger partial charge in [0.25, 0.3) is 5.95 Å². The minimum atomic E-state index is -3.42. The largest absolute Gasteiger partial charge is 0.379 e. The Kier molecular flexibility index (Phi) is 5.46. The summed E-state index contributed by atoms with van der Waals surface area (Å²) in [5.74, 6) is -1.17. The van der Waals surface area contributed by atoms with Crippen LogP contribution in [-0.4, -0.2) is 61.8 Å². The van der Waals surface area contributed by atoms with E-state index in [1.807, 2.05) is 6.07 Å². The van der Waals surface area contributed by atoms with Crippen molar-refractivity contribution < 1.29 is 21.9 Å².